The van der Waals surface area contributed by atoms with Crippen molar-refractivity contribution in [2.24, 2.45) is 0 Å². The first kappa shape index (κ1) is 20.5. The van der Waals surface area contributed by atoms with Gasteiger partial charge >= 0.3 is 159 Å². The number of rotatable bonds is 11. The van der Waals surface area contributed by atoms with E-state index in [2.05, 4.69) is 60.8 Å². The van der Waals surface area contributed by atoms with Crippen LogP contribution in [0.2, 0.25) is 13.3 Å². The summed E-state index contributed by atoms with van der Waals surface area (Å²) in [7, 11) is 0. The Morgan fingerprint density at radius 3 is 1.76 bits per heavy atom. The van der Waals surface area contributed by atoms with Crippen LogP contribution in [-0.2, 0) is 0 Å². The van der Waals surface area contributed by atoms with Crippen LogP contribution >= 0.6 is 0 Å². The molecule has 0 aliphatic heterocycles. The van der Waals surface area contributed by atoms with Crippen LogP contribution in [0.5, 0.6) is 0 Å². The molecule has 1 aromatic carbocycles. The van der Waals surface area contributed by atoms with Crippen molar-refractivity contribution < 1.29 is 0 Å². The van der Waals surface area contributed by atoms with Crippen LogP contribution in [0.3, 0.4) is 0 Å². The van der Waals surface area contributed by atoms with Gasteiger partial charge in [0.25, 0.3) is 0 Å². The summed E-state index contributed by atoms with van der Waals surface area (Å²) in [5.74, 6) is 0. The summed E-state index contributed by atoms with van der Waals surface area (Å²) >= 11 is -2.27. The minimum absolute atomic E-state index is 1.08. The van der Waals surface area contributed by atoms with E-state index < -0.39 is 18.4 Å². The minimum atomic E-state index is -2.27. The summed E-state index contributed by atoms with van der Waals surface area (Å²) in [5.41, 5.74) is 2.32. The molecule has 0 radical (unpaired) electrons. The molecule has 0 N–H and O–H groups in total. The molecule has 0 amide bonds. The maximum atomic E-state index is 4.36. The van der Waals surface area contributed by atoms with Crippen LogP contribution in [0.25, 0.3) is 5.69 Å². The van der Waals surface area contributed by atoms with Crippen LogP contribution in [-0.4, -0.2) is 27.9 Å². The summed E-state index contributed by atoms with van der Waals surface area (Å²) in [6.45, 7) is 9.09. The molecule has 2 rings (SSSR count). The van der Waals surface area contributed by atoms with E-state index in [4.69, 9.17) is 0 Å². The molecule has 138 valence electrons. The van der Waals surface area contributed by atoms with Crippen molar-refractivity contribution in [3.63, 3.8) is 0 Å². The second-order valence-electron chi connectivity index (χ2n) is 7.56. The van der Waals surface area contributed by atoms with Gasteiger partial charge in [0, 0.05) is 0 Å². The van der Waals surface area contributed by atoms with Crippen molar-refractivity contribution >= 4 is 22.0 Å². The molecule has 0 spiro atoms. The fourth-order valence-electron chi connectivity index (χ4n) is 3.90. The van der Waals surface area contributed by atoms with E-state index in [-0.39, 0.29) is 0 Å². The van der Waals surface area contributed by atoms with Gasteiger partial charge in [-0.05, 0) is 0 Å². The molecule has 2 aromatic rings. The Labute approximate surface area is 158 Å². The van der Waals surface area contributed by atoms with Gasteiger partial charge < -0.3 is 0 Å². The Balaban J connectivity index is 2.30. The maximum absolute atomic E-state index is 4.36. The molecule has 0 aliphatic carbocycles. The molecule has 0 bridgehead atoms. The van der Waals surface area contributed by atoms with Crippen molar-refractivity contribution in [1.82, 2.24) is 9.55 Å². The Morgan fingerprint density at radius 1 is 0.840 bits per heavy atom. The average molecular weight is 447 g/mol. The number of unbranched alkanes of at least 4 members (excludes halogenated alkanes) is 3. The molecule has 2 nitrogen and oxygen atoms in total. The van der Waals surface area contributed by atoms with Gasteiger partial charge in [0.15, 0.2) is 0 Å². The molecule has 1 aromatic heterocycles. The van der Waals surface area contributed by atoms with Crippen molar-refractivity contribution in [1.29, 1.82) is 0 Å². The fraction of sp³-hybridized carbons (Fsp3) is 0.591. The Bertz CT molecular complexity index is 593. The van der Waals surface area contributed by atoms with Gasteiger partial charge in [0.05, 0.1) is 0 Å². The van der Waals surface area contributed by atoms with Gasteiger partial charge in [-0.2, -0.15) is 0 Å². The third kappa shape index (κ3) is 5.60. The second kappa shape index (κ2) is 10.4. The molecule has 25 heavy (non-hydrogen) atoms. The van der Waals surface area contributed by atoms with E-state index in [0.29, 0.717) is 0 Å². The Kier molecular flexibility index (Phi) is 8.54. The average Bonchev–Trinajstić information content (AvgIpc) is 3.08. The number of imidazole rings is 1. The van der Waals surface area contributed by atoms with E-state index in [1.165, 1.54) is 57.5 Å². The summed E-state index contributed by atoms with van der Waals surface area (Å²) in [5, 5.41) is 0. The summed E-state index contributed by atoms with van der Waals surface area (Å²) in [6.07, 6.45) is 12.3. The number of nitrogens with zero attached hydrogens (tertiary/aromatic N) is 2. The zero-order valence-corrected chi connectivity index (χ0v) is 19.6. The van der Waals surface area contributed by atoms with Gasteiger partial charge in [0.2, 0.25) is 0 Å². The normalized spacial score (nSPS) is 11.8. The predicted molar refractivity (Wildman–Crippen MR) is 113 cm³/mol. The van der Waals surface area contributed by atoms with Crippen molar-refractivity contribution in [3.05, 3.63) is 42.5 Å². The SMILES string of the molecule is CCC[CH2][Sn]([CH2]CCC)([CH2]CCC)[c]1ccc(-n2cnc(C)c2)cc1. The molecule has 3 heteroatoms. The van der Waals surface area contributed by atoms with E-state index in [1.807, 2.05) is 13.3 Å². The first-order chi connectivity index (χ1) is 12.1. The predicted octanol–water partition coefficient (Wildman–Crippen LogP) is 6.24. The Morgan fingerprint density at radius 2 is 1.36 bits per heavy atom. The monoisotopic (exact) mass is 448 g/mol. The molecular formula is C22H36N2Sn. The molecule has 0 fully saturated rings. The van der Waals surface area contributed by atoms with Gasteiger partial charge in [0.1, 0.15) is 0 Å². The van der Waals surface area contributed by atoms with Gasteiger partial charge in [-0.15, -0.1) is 0 Å². The van der Waals surface area contributed by atoms with E-state index in [0.717, 1.165) is 5.69 Å². The molecular weight excluding hydrogens is 411 g/mol. The topological polar surface area (TPSA) is 17.8 Å². The zero-order chi connectivity index (χ0) is 18.1. The van der Waals surface area contributed by atoms with Crippen molar-refractivity contribution in [3.8, 4) is 5.69 Å². The van der Waals surface area contributed by atoms with Crippen molar-refractivity contribution in [2.45, 2.75) is 79.5 Å². The van der Waals surface area contributed by atoms with Crippen LogP contribution in [0.15, 0.2) is 36.8 Å². The van der Waals surface area contributed by atoms with Gasteiger partial charge in [-0.1, -0.05) is 0 Å². The number of hydrogen-bond donors (Lipinski definition) is 0. The molecule has 0 saturated heterocycles. The van der Waals surface area contributed by atoms with Crippen molar-refractivity contribution in [2.75, 3.05) is 0 Å². The first-order valence-electron chi connectivity index (χ1n) is 10.3. The van der Waals surface area contributed by atoms with Crippen LogP contribution < -0.4 is 3.58 Å². The summed E-state index contributed by atoms with van der Waals surface area (Å²) in [6, 6.07) is 9.60. The van der Waals surface area contributed by atoms with Gasteiger partial charge in [-0.25, -0.2) is 0 Å². The Hall–Kier alpha value is -0.771. The fourth-order valence-corrected chi connectivity index (χ4v) is 19.8. The third-order valence-corrected chi connectivity index (χ3v) is 21.2. The molecule has 0 saturated carbocycles. The molecule has 0 aliphatic rings. The van der Waals surface area contributed by atoms with Crippen LogP contribution in [0.4, 0.5) is 0 Å². The standard InChI is InChI=1S/C10H9N2.3C4H9.Sn/c1-9-7-12(8-11-9)10-5-3-2-4-6-10;3*1-3-4-2;/h3-8H,1H3;3*1,3-4H2,2H3;. The zero-order valence-electron chi connectivity index (χ0n) is 16.7. The first-order valence-corrected chi connectivity index (χ1v) is 17.7. The quantitative estimate of drug-likeness (QED) is 0.373. The van der Waals surface area contributed by atoms with Crippen LogP contribution in [0.1, 0.15) is 65.0 Å². The summed E-state index contributed by atoms with van der Waals surface area (Å²) < 4.78 is 8.50. The number of hydrogen-bond acceptors (Lipinski definition) is 1. The number of aromatic nitrogens is 2. The molecule has 0 unspecified atom stereocenters. The molecule has 1 heterocycles. The number of benzene rings is 1. The van der Waals surface area contributed by atoms with Gasteiger partial charge in [-0.3, -0.25) is 0 Å². The number of aryl methyl sites for hydroxylation is 1. The van der Waals surface area contributed by atoms with E-state index in [1.54, 1.807) is 3.58 Å². The van der Waals surface area contributed by atoms with E-state index in [9.17, 15) is 0 Å². The van der Waals surface area contributed by atoms with Crippen LogP contribution in [0, 0.1) is 6.92 Å². The van der Waals surface area contributed by atoms with E-state index >= 15 is 0 Å². The molecule has 0 atom stereocenters. The third-order valence-electron chi connectivity index (χ3n) is 5.52. The summed E-state index contributed by atoms with van der Waals surface area (Å²) in [4.78, 5) is 4.36. The second-order valence-corrected chi connectivity index (χ2v) is 20.8.